The first kappa shape index (κ1) is 16.2. The Morgan fingerprint density at radius 1 is 1.37 bits per heavy atom. The topological polar surface area (TPSA) is 52.6 Å². The van der Waals surface area contributed by atoms with E-state index in [1.54, 1.807) is 6.92 Å². The van der Waals surface area contributed by atoms with Crippen LogP contribution in [0.4, 0.5) is 0 Å². The lowest BCUT2D eigenvalue weighted by Crippen LogP contribution is -2.15. The van der Waals surface area contributed by atoms with Crippen molar-refractivity contribution in [2.75, 3.05) is 13.3 Å². The van der Waals surface area contributed by atoms with Gasteiger partial charge >= 0.3 is 5.97 Å². The van der Waals surface area contributed by atoms with Crippen molar-refractivity contribution in [3.63, 3.8) is 0 Å². The van der Waals surface area contributed by atoms with E-state index in [2.05, 4.69) is 4.52 Å². The standard InChI is InChI=1S/C13H18ClO4P/c1-11(8-9-19(14,16)17-2)13(15)18-10-12-6-4-3-5-7-12/h3-7,11H,8-10H2,1-2H3/t11-,19?/m1/s1. The second-order valence-electron chi connectivity index (χ2n) is 4.28. The van der Waals surface area contributed by atoms with Gasteiger partial charge in [0.25, 0.3) is 6.72 Å². The van der Waals surface area contributed by atoms with Crippen LogP contribution in [-0.4, -0.2) is 19.2 Å². The van der Waals surface area contributed by atoms with E-state index < -0.39 is 6.72 Å². The fraction of sp³-hybridized carbons (Fsp3) is 0.462. The van der Waals surface area contributed by atoms with E-state index >= 15 is 0 Å². The zero-order valence-electron chi connectivity index (χ0n) is 11.0. The molecule has 0 bridgehead atoms. The van der Waals surface area contributed by atoms with Crippen molar-refractivity contribution in [1.82, 2.24) is 0 Å². The zero-order chi connectivity index (χ0) is 14.3. The maximum atomic E-state index is 11.7. The van der Waals surface area contributed by atoms with Crippen LogP contribution in [-0.2, 0) is 25.2 Å². The van der Waals surface area contributed by atoms with Crippen molar-refractivity contribution in [3.8, 4) is 0 Å². The number of rotatable bonds is 7. The SMILES string of the molecule is COP(=O)(Cl)CC[C@@H](C)C(=O)OCc1ccccc1. The first-order valence-corrected chi connectivity index (χ1v) is 8.71. The minimum absolute atomic E-state index is 0.159. The van der Waals surface area contributed by atoms with Gasteiger partial charge in [-0.05, 0) is 23.2 Å². The molecule has 106 valence electrons. The first-order valence-electron chi connectivity index (χ1n) is 5.99. The number of hydrogen-bond acceptors (Lipinski definition) is 4. The number of benzene rings is 1. The molecule has 1 rings (SSSR count). The third kappa shape index (κ3) is 6.24. The van der Waals surface area contributed by atoms with Gasteiger partial charge in [-0.15, -0.1) is 0 Å². The first-order chi connectivity index (χ1) is 8.94. The molecular formula is C13H18ClO4P. The van der Waals surface area contributed by atoms with Gasteiger partial charge in [-0.1, -0.05) is 37.3 Å². The lowest BCUT2D eigenvalue weighted by atomic mass is 10.1. The molecule has 0 amide bonds. The Labute approximate surface area is 118 Å². The van der Waals surface area contributed by atoms with Crippen LogP contribution in [0.5, 0.6) is 0 Å². The average Bonchev–Trinajstić information content (AvgIpc) is 2.43. The van der Waals surface area contributed by atoms with E-state index in [0.29, 0.717) is 6.42 Å². The van der Waals surface area contributed by atoms with Gasteiger partial charge in [-0.3, -0.25) is 9.36 Å². The summed E-state index contributed by atoms with van der Waals surface area (Å²) < 4.78 is 21.3. The summed E-state index contributed by atoms with van der Waals surface area (Å²) in [5, 5.41) is 0. The van der Waals surface area contributed by atoms with Crippen molar-refractivity contribution in [1.29, 1.82) is 0 Å². The summed E-state index contributed by atoms with van der Waals surface area (Å²) in [6.07, 6.45) is 0.537. The predicted molar refractivity (Wildman–Crippen MR) is 75.4 cm³/mol. The summed E-state index contributed by atoms with van der Waals surface area (Å²) in [5.74, 6) is -0.678. The maximum Gasteiger partial charge on any atom is 0.308 e. The summed E-state index contributed by atoms with van der Waals surface area (Å²) in [6.45, 7) is -1.11. The smallest absolute Gasteiger partial charge is 0.308 e. The van der Waals surface area contributed by atoms with Crippen molar-refractivity contribution >= 4 is 23.9 Å². The fourth-order valence-electron chi connectivity index (χ4n) is 1.43. The highest BCUT2D eigenvalue weighted by atomic mass is 35.7. The summed E-state index contributed by atoms with van der Waals surface area (Å²) in [5.41, 5.74) is 0.933. The number of esters is 1. The third-order valence-electron chi connectivity index (χ3n) is 2.73. The van der Waals surface area contributed by atoms with Gasteiger partial charge in [0.2, 0.25) is 0 Å². The quantitative estimate of drug-likeness (QED) is 0.567. The van der Waals surface area contributed by atoms with Crippen LogP contribution in [0.15, 0.2) is 30.3 Å². The highest BCUT2D eigenvalue weighted by Gasteiger charge is 2.22. The number of ether oxygens (including phenoxy) is 1. The van der Waals surface area contributed by atoms with Gasteiger partial charge in [0.1, 0.15) is 6.61 Å². The Kier molecular flexibility index (Phi) is 6.56. The van der Waals surface area contributed by atoms with E-state index in [-0.39, 0.29) is 24.7 Å². The Balaban J connectivity index is 2.35. The molecule has 6 heteroatoms. The molecule has 2 atom stereocenters. The van der Waals surface area contributed by atoms with E-state index in [0.717, 1.165) is 5.56 Å². The van der Waals surface area contributed by atoms with Gasteiger partial charge in [0.15, 0.2) is 0 Å². The van der Waals surface area contributed by atoms with Crippen LogP contribution >= 0.6 is 18.0 Å². The largest absolute Gasteiger partial charge is 0.461 e. The second-order valence-corrected chi connectivity index (χ2v) is 7.82. The molecule has 0 saturated carbocycles. The van der Waals surface area contributed by atoms with Crippen LogP contribution in [0.1, 0.15) is 18.9 Å². The molecule has 0 saturated heterocycles. The zero-order valence-corrected chi connectivity index (χ0v) is 12.7. The van der Waals surface area contributed by atoms with Crippen LogP contribution in [0.3, 0.4) is 0 Å². The molecule has 0 heterocycles. The number of carbonyl (C=O) groups excluding carboxylic acids is 1. The van der Waals surface area contributed by atoms with Crippen molar-refractivity contribution in [2.24, 2.45) is 5.92 Å². The Morgan fingerprint density at radius 2 is 2.00 bits per heavy atom. The summed E-state index contributed by atoms with van der Waals surface area (Å²) in [6, 6.07) is 9.44. The molecule has 0 aliphatic heterocycles. The minimum Gasteiger partial charge on any atom is -0.461 e. The molecule has 0 aliphatic rings. The molecule has 1 aromatic carbocycles. The molecule has 0 fully saturated rings. The van der Waals surface area contributed by atoms with Gasteiger partial charge in [-0.25, -0.2) is 0 Å². The van der Waals surface area contributed by atoms with Crippen LogP contribution in [0.2, 0.25) is 0 Å². The highest BCUT2D eigenvalue weighted by Crippen LogP contribution is 2.52. The summed E-state index contributed by atoms with van der Waals surface area (Å²) in [7, 11) is 1.30. The monoisotopic (exact) mass is 304 g/mol. The molecule has 0 aliphatic carbocycles. The van der Waals surface area contributed by atoms with E-state index in [4.69, 9.17) is 16.0 Å². The molecule has 0 N–H and O–H groups in total. The average molecular weight is 305 g/mol. The van der Waals surface area contributed by atoms with Crippen molar-refractivity contribution in [2.45, 2.75) is 20.0 Å². The van der Waals surface area contributed by atoms with E-state index in [1.807, 2.05) is 30.3 Å². The summed E-state index contributed by atoms with van der Waals surface area (Å²) in [4.78, 5) is 11.7. The molecule has 1 unspecified atom stereocenters. The highest BCUT2D eigenvalue weighted by molar-refractivity contribution is 7.85. The normalized spacial score (nSPS) is 15.5. The molecular weight excluding hydrogens is 287 g/mol. The predicted octanol–water partition coefficient (Wildman–Crippen LogP) is 3.83. The van der Waals surface area contributed by atoms with Gasteiger partial charge in [0.05, 0.1) is 5.92 Å². The van der Waals surface area contributed by atoms with Crippen LogP contribution in [0, 0.1) is 5.92 Å². The summed E-state index contributed by atoms with van der Waals surface area (Å²) >= 11 is 5.62. The fourth-order valence-corrected chi connectivity index (χ4v) is 2.60. The lowest BCUT2D eigenvalue weighted by Gasteiger charge is -2.13. The number of hydrogen-bond donors (Lipinski definition) is 0. The van der Waals surface area contributed by atoms with Crippen molar-refractivity contribution in [3.05, 3.63) is 35.9 Å². The Morgan fingerprint density at radius 3 is 2.58 bits per heavy atom. The second kappa shape index (κ2) is 7.68. The van der Waals surface area contributed by atoms with Crippen LogP contribution < -0.4 is 0 Å². The molecule has 19 heavy (non-hydrogen) atoms. The number of halogens is 1. The molecule has 0 spiro atoms. The Bertz CT molecular complexity index is 449. The van der Waals surface area contributed by atoms with Gasteiger partial charge in [-0.2, -0.15) is 0 Å². The number of carbonyl (C=O) groups is 1. The molecule has 1 aromatic rings. The van der Waals surface area contributed by atoms with Crippen molar-refractivity contribution < 1.29 is 18.6 Å². The molecule has 0 radical (unpaired) electrons. The van der Waals surface area contributed by atoms with Gasteiger partial charge in [0, 0.05) is 13.3 Å². The van der Waals surface area contributed by atoms with Gasteiger partial charge < -0.3 is 9.26 Å². The maximum absolute atomic E-state index is 11.7. The van der Waals surface area contributed by atoms with Crippen LogP contribution in [0.25, 0.3) is 0 Å². The van der Waals surface area contributed by atoms with E-state index in [1.165, 1.54) is 7.11 Å². The van der Waals surface area contributed by atoms with E-state index in [9.17, 15) is 9.36 Å². The molecule has 4 nitrogen and oxygen atoms in total. The molecule has 0 aromatic heterocycles. The lowest BCUT2D eigenvalue weighted by molar-refractivity contribution is -0.149. The third-order valence-corrected chi connectivity index (χ3v) is 4.99. The minimum atomic E-state index is -3.08. The Hall–Kier alpha value is -0.830.